The molecule has 0 aliphatic carbocycles. The third-order valence-electron chi connectivity index (χ3n) is 6.46. The van der Waals surface area contributed by atoms with E-state index in [1.165, 1.54) is 0 Å². The summed E-state index contributed by atoms with van der Waals surface area (Å²) in [5.74, 6) is 2.54. The van der Waals surface area contributed by atoms with Crippen LogP contribution < -0.4 is 14.4 Å². The highest BCUT2D eigenvalue weighted by molar-refractivity contribution is 5.97. The van der Waals surface area contributed by atoms with E-state index < -0.39 is 0 Å². The molecule has 3 aromatic carbocycles. The number of carbonyl (C=O) groups excluding carboxylic acids is 1. The van der Waals surface area contributed by atoms with E-state index in [9.17, 15) is 4.79 Å². The fourth-order valence-electron chi connectivity index (χ4n) is 4.82. The van der Waals surface area contributed by atoms with Gasteiger partial charge >= 0.3 is 0 Å². The SMILES string of the molecule is C=CCc1ccccc1OCCn1c([C@H]2CC(=O)N(c3ccccc3OC)C2)nc2ccccc21. The molecule has 2 heterocycles. The fraction of sp³-hybridized carbons (Fsp3) is 0.241. The molecule has 0 bridgehead atoms. The summed E-state index contributed by atoms with van der Waals surface area (Å²) in [5, 5.41) is 0. The number of carbonyl (C=O) groups is 1. The first-order valence-electron chi connectivity index (χ1n) is 11.9. The number of amides is 1. The first kappa shape index (κ1) is 22.7. The Hall–Kier alpha value is -4.06. The van der Waals surface area contributed by atoms with E-state index in [1.54, 1.807) is 7.11 Å². The van der Waals surface area contributed by atoms with Crippen molar-refractivity contribution in [1.82, 2.24) is 9.55 Å². The second-order valence-corrected chi connectivity index (χ2v) is 8.64. The van der Waals surface area contributed by atoms with Crippen LogP contribution in [-0.2, 0) is 17.8 Å². The van der Waals surface area contributed by atoms with Gasteiger partial charge in [-0.25, -0.2) is 4.98 Å². The van der Waals surface area contributed by atoms with Crippen LogP contribution in [0.4, 0.5) is 5.69 Å². The van der Waals surface area contributed by atoms with Crippen LogP contribution in [0.15, 0.2) is 85.5 Å². The molecule has 6 heteroatoms. The molecule has 0 radical (unpaired) electrons. The molecular weight excluding hydrogens is 438 g/mol. The van der Waals surface area contributed by atoms with Gasteiger partial charge in [-0.2, -0.15) is 0 Å². The number of benzene rings is 3. The van der Waals surface area contributed by atoms with Crippen LogP contribution in [0.25, 0.3) is 11.0 Å². The van der Waals surface area contributed by atoms with Gasteiger partial charge in [0.1, 0.15) is 23.9 Å². The molecule has 1 aliphatic heterocycles. The van der Waals surface area contributed by atoms with Gasteiger partial charge < -0.3 is 18.9 Å². The molecule has 178 valence electrons. The van der Waals surface area contributed by atoms with Crippen molar-refractivity contribution in [2.45, 2.75) is 25.3 Å². The Morgan fingerprint density at radius 1 is 1.03 bits per heavy atom. The number of anilines is 1. The van der Waals surface area contributed by atoms with Crippen LogP contribution in [0.1, 0.15) is 23.7 Å². The molecule has 0 spiro atoms. The average Bonchev–Trinajstić information content (AvgIpc) is 3.45. The Labute approximate surface area is 205 Å². The molecule has 1 atom stereocenters. The van der Waals surface area contributed by atoms with E-state index in [0.717, 1.165) is 40.3 Å². The predicted octanol–water partition coefficient (Wildman–Crippen LogP) is 5.37. The Morgan fingerprint density at radius 2 is 1.77 bits per heavy atom. The van der Waals surface area contributed by atoms with Gasteiger partial charge in [-0.05, 0) is 42.3 Å². The number of methoxy groups -OCH3 is 1. The molecular formula is C29H29N3O3. The molecule has 1 fully saturated rings. The molecule has 6 nitrogen and oxygen atoms in total. The van der Waals surface area contributed by atoms with Crippen LogP contribution in [0, 0.1) is 0 Å². The smallest absolute Gasteiger partial charge is 0.227 e. The summed E-state index contributed by atoms with van der Waals surface area (Å²) >= 11 is 0. The third-order valence-corrected chi connectivity index (χ3v) is 6.46. The highest BCUT2D eigenvalue weighted by Gasteiger charge is 2.35. The summed E-state index contributed by atoms with van der Waals surface area (Å²) in [6.45, 7) is 5.54. The lowest BCUT2D eigenvalue weighted by molar-refractivity contribution is -0.117. The quantitative estimate of drug-likeness (QED) is 0.311. The average molecular weight is 468 g/mol. The van der Waals surface area contributed by atoms with Gasteiger partial charge in [0.25, 0.3) is 0 Å². The lowest BCUT2D eigenvalue weighted by atomic mass is 10.1. The van der Waals surface area contributed by atoms with Gasteiger partial charge in [-0.3, -0.25) is 4.79 Å². The largest absolute Gasteiger partial charge is 0.495 e. The lowest BCUT2D eigenvalue weighted by Crippen LogP contribution is -2.25. The molecule has 1 saturated heterocycles. The van der Waals surface area contributed by atoms with Crippen LogP contribution in [-0.4, -0.2) is 35.7 Å². The molecule has 4 aromatic rings. The van der Waals surface area contributed by atoms with E-state index in [0.29, 0.717) is 31.9 Å². The van der Waals surface area contributed by atoms with Crippen LogP contribution in [0.3, 0.4) is 0 Å². The lowest BCUT2D eigenvalue weighted by Gasteiger charge is -2.20. The van der Waals surface area contributed by atoms with Crippen molar-refractivity contribution in [3.05, 3.63) is 96.8 Å². The molecule has 0 unspecified atom stereocenters. The maximum Gasteiger partial charge on any atom is 0.227 e. The number of allylic oxidation sites excluding steroid dienone is 1. The minimum Gasteiger partial charge on any atom is -0.495 e. The van der Waals surface area contributed by atoms with Crippen molar-refractivity contribution in [3.8, 4) is 11.5 Å². The van der Waals surface area contributed by atoms with E-state index in [4.69, 9.17) is 14.5 Å². The number of aromatic nitrogens is 2. The minimum absolute atomic E-state index is 0.0205. The zero-order valence-electron chi connectivity index (χ0n) is 19.9. The molecule has 1 aliphatic rings. The van der Waals surface area contributed by atoms with Crippen molar-refractivity contribution in [1.29, 1.82) is 0 Å². The van der Waals surface area contributed by atoms with Crippen molar-refractivity contribution in [3.63, 3.8) is 0 Å². The summed E-state index contributed by atoms with van der Waals surface area (Å²) in [6, 6.07) is 23.8. The standard InChI is InChI=1S/C29H29N3O3/c1-3-10-21-11-4-8-15-26(21)35-18-17-31-24-13-6-5-12-23(24)30-29(31)22-19-28(33)32(20-22)25-14-7-9-16-27(25)34-2/h3-9,11-16,22H,1,10,17-20H2,2H3/t22-/m0/s1. The number of hydrogen-bond acceptors (Lipinski definition) is 4. The first-order chi connectivity index (χ1) is 17.2. The van der Waals surface area contributed by atoms with Crippen molar-refractivity contribution in [2.75, 3.05) is 25.2 Å². The van der Waals surface area contributed by atoms with Gasteiger partial charge in [0.05, 0.1) is 30.4 Å². The number of rotatable bonds is 9. The number of imidazole rings is 1. The topological polar surface area (TPSA) is 56.6 Å². The minimum atomic E-state index is -0.0205. The summed E-state index contributed by atoms with van der Waals surface area (Å²) < 4.78 is 13.9. The van der Waals surface area contributed by atoms with Crippen molar-refractivity contribution >= 4 is 22.6 Å². The van der Waals surface area contributed by atoms with E-state index >= 15 is 0 Å². The number of ether oxygens (including phenoxy) is 2. The van der Waals surface area contributed by atoms with Crippen molar-refractivity contribution in [2.24, 2.45) is 0 Å². The monoisotopic (exact) mass is 467 g/mol. The van der Waals surface area contributed by atoms with Crippen LogP contribution in [0.2, 0.25) is 0 Å². The molecule has 0 N–H and O–H groups in total. The maximum absolute atomic E-state index is 13.1. The van der Waals surface area contributed by atoms with Gasteiger partial charge in [-0.15, -0.1) is 6.58 Å². The van der Waals surface area contributed by atoms with Crippen LogP contribution >= 0.6 is 0 Å². The Bertz CT molecular complexity index is 1360. The molecule has 0 saturated carbocycles. The predicted molar refractivity (Wildman–Crippen MR) is 138 cm³/mol. The second kappa shape index (κ2) is 10.1. The highest BCUT2D eigenvalue weighted by Crippen LogP contribution is 2.37. The van der Waals surface area contributed by atoms with Crippen LogP contribution in [0.5, 0.6) is 11.5 Å². The third kappa shape index (κ3) is 4.52. The fourth-order valence-corrected chi connectivity index (χ4v) is 4.82. The van der Waals surface area contributed by atoms with Gasteiger partial charge in [0.2, 0.25) is 5.91 Å². The summed E-state index contributed by atoms with van der Waals surface area (Å²) in [5.41, 5.74) is 3.89. The van der Waals surface area contributed by atoms with Gasteiger partial charge in [-0.1, -0.05) is 48.5 Å². The summed E-state index contributed by atoms with van der Waals surface area (Å²) in [7, 11) is 1.63. The molecule has 1 aromatic heterocycles. The van der Waals surface area contributed by atoms with Gasteiger partial charge in [0, 0.05) is 18.9 Å². The Kier molecular flexibility index (Phi) is 6.53. The molecule has 35 heavy (non-hydrogen) atoms. The maximum atomic E-state index is 13.1. The zero-order valence-corrected chi connectivity index (χ0v) is 19.9. The van der Waals surface area contributed by atoms with E-state index in [1.807, 2.05) is 71.6 Å². The molecule has 1 amide bonds. The number of nitrogens with zero attached hydrogens (tertiary/aromatic N) is 3. The summed E-state index contributed by atoms with van der Waals surface area (Å²) in [6.07, 6.45) is 3.05. The number of fused-ring (bicyclic) bond motifs is 1. The number of para-hydroxylation sites is 5. The summed E-state index contributed by atoms with van der Waals surface area (Å²) in [4.78, 5) is 19.8. The highest BCUT2D eigenvalue weighted by atomic mass is 16.5. The molecule has 5 rings (SSSR count). The first-order valence-corrected chi connectivity index (χ1v) is 11.9. The Balaban J connectivity index is 1.41. The van der Waals surface area contributed by atoms with E-state index in [2.05, 4.69) is 23.3 Å². The second-order valence-electron chi connectivity index (χ2n) is 8.64. The zero-order chi connectivity index (χ0) is 24.2. The van der Waals surface area contributed by atoms with Crippen molar-refractivity contribution < 1.29 is 14.3 Å². The Morgan fingerprint density at radius 3 is 2.60 bits per heavy atom. The van der Waals surface area contributed by atoms with Gasteiger partial charge in [0.15, 0.2) is 0 Å². The number of hydrogen-bond donors (Lipinski definition) is 0. The van der Waals surface area contributed by atoms with E-state index in [-0.39, 0.29) is 11.8 Å². The normalized spacial score (nSPS) is 15.5.